The van der Waals surface area contributed by atoms with Crippen LogP contribution >= 0.6 is 0 Å². The van der Waals surface area contributed by atoms with E-state index >= 15 is 0 Å². The van der Waals surface area contributed by atoms with E-state index in [2.05, 4.69) is 0 Å². The van der Waals surface area contributed by atoms with Gasteiger partial charge in [0.1, 0.15) is 12.0 Å². The average Bonchev–Trinajstić information content (AvgIpc) is 2.76. The lowest BCUT2D eigenvalue weighted by Crippen LogP contribution is -2.50. The number of carboxylic acids is 4. The number of carboxylic acid groups (broad SMARTS) is 4. The van der Waals surface area contributed by atoms with Crippen LogP contribution in [0.4, 0.5) is 0 Å². The number of ether oxygens (including phenoxy) is 1. The smallest absolute Gasteiger partial charge is 0.317 e. The molecule has 0 radical (unpaired) electrons. The summed E-state index contributed by atoms with van der Waals surface area (Å²) >= 11 is 0. The van der Waals surface area contributed by atoms with Crippen LogP contribution in [0.15, 0.2) is 24.3 Å². The van der Waals surface area contributed by atoms with Crippen molar-refractivity contribution in [1.29, 1.82) is 0 Å². The zero-order valence-corrected chi connectivity index (χ0v) is 20.1. The molecule has 0 aliphatic carbocycles. The van der Waals surface area contributed by atoms with Gasteiger partial charge in [0.15, 0.2) is 0 Å². The summed E-state index contributed by atoms with van der Waals surface area (Å²) in [6.45, 7) is 0.146. The summed E-state index contributed by atoms with van der Waals surface area (Å²) in [6.07, 6.45) is 0.856. The van der Waals surface area contributed by atoms with Gasteiger partial charge in [-0.05, 0) is 31.0 Å². The molecule has 0 unspecified atom stereocenters. The Kier molecular flexibility index (Phi) is 13.7. The van der Waals surface area contributed by atoms with Crippen LogP contribution in [0.2, 0.25) is 0 Å². The lowest BCUT2D eigenvalue weighted by Gasteiger charge is -2.34. The van der Waals surface area contributed by atoms with Crippen LogP contribution in [0, 0.1) is 0 Å². The van der Waals surface area contributed by atoms with E-state index < -0.39 is 56.1 Å². The van der Waals surface area contributed by atoms with E-state index in [-0.39, 0.29) is 32.6 Å². The van der Waals surface area contributed by atoms with E-state index in [0.29, 0.717) is 18.6 Å². The zero-order chi connectivity index (χ0) is 27.1. The third-order valence-corrected chi connectivity index (χ3v) is 5.15. The molecule has 0 aliphatic rings. The minimum Gasteiger partial charge on any atom is -0.494 e. The molecule has 200 valence electrons. The van der Waals surface area contributed by atoms with Gasteiger partial charge in [-0.1, -0.05) is 12.1 Å². The van der Waals surface area contributed by atoms with Gasteiger partial charge in [-0.3, -0.25) is 33.9 Å². The van der Waals surface area contributed by atoms with Crippen molar-refractivity contribution in [2.75, 3.05) is 59.0 Å². The molecule has 0 heterocycles. The molecule has 0 saturated heterocycles. The number of rotatable bonds is 20. The number of carbonyl (C=O) groups is 5. The predicted molar refractivity (Wildman–Crippen MR) is 126 cm³/mol. The Bertz CT molecular complexity index is 861. The maximum Gasteiger partial charge on any atom is 0.317 e. The number of benzene rings is 1. The first-order valence-corrected chi connectivity index (χ1v) is 11.2. The van der Waals surface area contributed by atoms with Gasteiger partial charge in [-0.25, -0.2) is 0 Å². The predicted octanol–water partition coefficient (Wildman–Crippen LogP) is -0.560. The average molecular weight is 512 g/mol. The molecule has 1 aromatic carbocycles. The Labute approximate surface area is 208 Å². The minimum absolute atomic E-state index is 0.00857. The molecule has 0 aromatic heterocycles. The Morgan fingerprint density at radius 3 is 1.81 bits per heavy atom. The van der Waals surface area contributed by atoms with Gasteiger partial charge in [0.05, 0.1) is 39.3 Å². The van der Waals surface area contributed by atoms with Crippen LogP contribution < -0.4 is 4.74 Å². The molecule has 0 amide bonds. The Balaban J connectivity index is 3.15. The molecule has 0 saturated carbocycles. The van der Waals surface area contributed by atoms with Crippen LogP contribution in [-0.2, 0) is 30.4 Å². The van der Waals surface area contributed by atoms with Gasteiger partial charge in [0.25, 0.3) is 0 Å². The first kappa shape index (κ1) is 30.5. The summed E-state index contributed by atoms with van der Waals surface area (Å²) in [5, 5.41) is 36.8. The fourth-order valence-electron chi connectivity index (χ4n) is 3.69. The van der Waals surface area contributed by atoms with Crippen molar-refractivity contribution in [1.82, 2.24) is 14.7 Å². The standard InChI is InChI=1S/C23H33N3O10/c1-2-36-19-5-3-17(4-6-19)11-18(26(9-10-27)16-23(34)35)12-24(13-20(28)29)7-8-25(14-21(30)31)15-22(32)33/h3-6,10,18H,2,7-9,11-16H2,1H3,(H,28,29)(H,30,31)(H,32,33)(H,34,35)/t18-/m0/s1. The van der Waals surface area contributed by atoms with E-state index in [1.807, 2.05) is 6.92 Å². The quantitative estimate of drug-likeness (QED) is 0.163. The van der Waals surface area contributed by atoms with Gasteiger partial charge < -0.3 is 30.0 Å². The largest absolute Gasteiger partial charge is 0.494 e. The molecule has 4 N–H and O–H groups in total. The molecule has 1 rings (SSSR count). The van der Waals surface area contributed by atoms with Crippen molar-refractivity contribution in [3.05, 3.63) is 29.8 Å². The first-order chi connectivity index (χ1) is 17.0. The lowest BCUT2D eigenvalue weighted by atomic mass is 10.0. The highest BCUT2D eigenvalue weighted by Gasteiger charge is 2.25. The Morgan fingerprint density at radius 2 is 1.33 bits per heavy atom. The molecule has 0 fully saturated rings. The van der Waals surface area contributed by atoms with Crippen LogP contribution in [-0.4, -0.2) is 130 Å². The Hall–Kier alpha value is -3.55. The molecule has 0 aliphatic heterocycles. The van der Waals surface area contributed by atoms with Crippen molar-refractivity contribution in [2.24, 2.45) is 0 Å². The third kappa shape index (κ3) is 12.8. The third-order valence-electron chi connectivity index (χ3n) is 5.15. The summed E-state index contributed by atoms with van der Waals surface area (Å²) in [4.78, 5) is 60.4. The number of nitrogens with zero attached hydrogens (tertiary/aromatic N) is 3. The molecule has 0 spiro atoms. The van der Waals surface area contributed by atoms with Crippen LogP contribution in [0.3, 0.4) is 0 Å². The fourth-order valence-corrected chi connectivity index (χ4v) is 3.69. The zero-order valence-electron chi connectivity index (χ0n) is 20.1. The second kappa shape index (κ2) is 16.2. The second-order valence-electron chi connectivity index (χ2n) is 8.05. The molecule has 1 aromatic rings. The summed E-state index contributed by atoms with van der Waals surface area (Å²) in [5.41, 5.74) is 0.804. The van der Waals surface area contributed by atoms with Crippen molar-refractivity contribution in [3.8, 4) is 5.75 Å². The summed E-state index contributed by atoms with van der Waals surface area (Å²) < 4.78 is 5.43. The van der Waals surface area contributed by atoms with Gasteiger partial charge in [0.2, 0.25) is 0 Å². The first-order valence-electron chi connectivity index (χ1n) is 11.2. The SMILES string of the molecule is CCOc1ccc(C[C@@H](CN(CCN(CC(=O)O)CC(=O)O)CC(=O)O)N(CC=O)CC(=O)O)cc1. The number of aliphatic carboxylic acids is 4. The summed E-state index contributed by atoms with van der Waals surface area (Å²) in [5.74, 6) is -4.14. The van der Waals surface area contributed by atoms with E-state index in [4.69, 9.17) is 14.9 Å². The number of carbonyl (C=O) groups excluding carboxylic acids is 1. The molecular weight excluding hydrogens is 478 g/mol. The van der Waals surface area contributed by atoms with E-state index in [9.17, 15) is 34.2 Å². The molecule has 0 bridgehead atoms. The number of hydrogen-bond acceptors (Lipinski definition) is 9. The molecule has 13 heteroatoms. The van der Waals surface area contributed by atoms with Crippen molar-refractivity contribution in [3.63, 3.8) is 0 Å². The van der Waals surface area contributed by atoms with E-state index in [1.54, 1.807) is 24.3 Å². The highest BCUT2D eigenvalue weighted by Crippen LogP contribution is 2.16. The number of aldehydes is 1. The minimum atomic E-state index is -1.23. The lowest BCUT2D eigenvalue weighted by molar-refractivity contribution is -0.143. The summed E-state index contributed by atoms with van der Waals surface area (Å²) in [6, 6.07) is 6.50. The Morgan fingerprint density at radius 1 is 0.833 bits per heavy atom. The van der Waals surface area contributed by atoms with Gasteiger partial charge in [-0.2, -0.15) is 0 Å². The van der Waals surface area contributed by atoms with Crippen molar-refractivity contribution < 1.29 is 49.1 Å². The maximum atomic E-state index is 11.5. The molecule has 13 nitrogen and oxygen atoms in total. The van der Waals surface area contributed by atoms with Gasteiger partial charge >= 0.3 is 23.9 Å². The van der Waals surface area contributed by atoms with Crippen LogP contribution in [0.1, 0.15) is 12.5 Å². The topological polar surface area (TPSA) is 185 Å². The maximum absolute atomic E-state index is 11.5. The normalized spacial score (nSPS) is 12.0. The fraction of sp³-hybridized carbons (Fsp3) is 0.522. The van der Waals surface area contributed by atoms with Crippen molar-refractivity contribution >= 4 is 30.2 Å². The number of hydrogen-bond donors (Lipinski definition) is 4. The van der Waals surface area contributed by atoms with Crippen LogP contribution in [0.5, 0.6) is 5.75 Å². The summed E-state index contributed by atoms with van der Waals surface area (Å²) in [7, 11) is 0. The highest BCUT2D eigenvalue weighted by atomic mass is 16.5. The monoisotopic (exact) mass is 511 g/mol. The van der Waals surface area contributed by atoms with E-state index in [1.165, 1.54) is 9.80 Å². The second-order valence-corrected chi connectivity index (χ2v) is 8.05. The van der Waals surface area contributed by atoms with Gasteiger partial charge in [-0.15, -0.1) is 0 Å². The van der Waals surface area contributed by atoms with Gasteiger partial charge in [0, 0.05) is 25.7 Å². The van der Waals surface area contributed by atoms with E-state index in [0.717, 1.165) is 10.5 Å². The molecule has 1 atom stereocenters. The van der Waals surface area contributed by atoms with Crippen molar-refractivity contribution in [2.45, 2.75) is 19.4 Å². The van der Waals surface area contributed by atoms with Crippen LogP contribution in [0.25, 0.3) is 0 Å². The molecular formula is C23H33N3O10. The highest BCUT2D eigenvalue weighted by molar-refractivity contribution is 5.72. The molecule has 36 heavy (non-hydrogen) atoms.